The predicted octanol–water partition coefficient (Wildman–Crippen LogP) is 10.8. The Morgan fingerprint density at radius 3 is 1.48 bits per heavy atom. The summed E-state index contributed by atoms with van der Waals surface area (Å²) in [6.45, 7) is 0. The lowest BCUT2D eigenvalue weighted by Crippen LogP contribution is -2.29. The molecule has 1 aliphatic rings. The maximum Gasteiger partial charge on any atom is 0.268 e. The second kappa shape index (κ2) is 13.7. The van der Waals surface area contributed by atoms with E-state index in [-0.39, 0.29) is 0 Å². The van der Waals surface area contributed by atoms with E-state index < -0.39 is 11.8 Å². The van der Waals surface area contributed by atoms with Gasteiger partial charge in [0, 0.05) is 21.9 Å². The highest BCUT2D eigenvalue weighted by Crippen LogP contribution is 2.41. The number of nitrogens with zero attached hydrogens (tertiary/aromatic N) is 6. The Labute approximate surface area is 332 Å². The second-order valence-corrected chi connectivity index (χ2v) is 14.0. The van der Waals surface area contributed by atoms with Crippen LogP contribution in [-0.2, 0) is 0 Å². The average Bonchev–Trinajstić information content (AvgIpc) is 3.75. The van der Waals surface area contributed by atoms with Crippen molar-refractivity contribution in [2.45, 2.75) is 0 Å². The van der Waals surface area contributed by atoms with Crippen LogP contribution in [0.2, 0.25) is 0 Å². The first-order valence-corrected chi connectivity index (χ1v) is 18.6. The molecule has 0 saturated carbocycles. The van der Waals surface area contributed by atoms with Crippen molar-refractivity contribution >= 4 is 39.3 Å². The minimum atomic E-state index is -0.418. The zero-order valence-electron chi connectivity index (χ0n) is 30.7. The van der Waals surface area contributed by atoms with Gasteiger partial charge in [-0.25, -0.2) is 14.9 Å². The van der Waals surface area contributed by atoms with Crippen LogP contribution in [0.3, 0.4) is 0 Å². The molecule has 10 rings (SSSR count). The fraction of sp³-hybridized carbons (Fsp3) is 0. The summed E-state index contributed by atoms with van der Waals surface area (Å²) in [6.07, 6.45) is 0. The van der Waals surface area contributed by atoms with Crippen LogP contribution in [0.15, 0.2) is 170 Å². The molecule has 0 unspecified atom stereocenters. The van der Waals surface area contributed by atoms with Crippen molar-refractivity contribution in [1.82, 2.24) is 14.5 Å². The van der Waals surface area contributed by atoms with Crippen LogP contribution in [0, 0.1) is 22.7 Å². The predicted molar refractivity (Wildman–Crippen MR) is 225 cm³/mol. The average molecular weight is 745 g/mol. The molecule has 0 atom stereocenters. The Hall–Kier alpha value is -8.46. The molecule has 0 aliphatic carbocycles. The fourth-order valence-electron chi connectivity index (χ4n) is 7.94. The van der Waals surface area contributed by atoms with Gasteiger partial charge in [0.25, 0.3) is 11.8 Å². The van der Waals surface area contributed by atoms with Gasteiger partial charge in [0.1, 0.15) is 23.5 Å². The van der Waals surface area contributed by atoms with Gasteiger partial charge in [-0.2, -0.15) is 10.5 Å². The number of aromatic nitrogens is 3. The number of nitriles is 2. The van der Waals surface area contributed by atoms with E-state index >= 15 is 0 Å². The summed E-state index contributed by atoms with van der Waals surface area (Å²) in [6, 6.07) is 58.0. The summed E-state index contributed by atoms with van der Waals surface area (Å²) in [5.74, 6) is -0.818. The van der Waals surface area contributed by atoms with Gasteiger partial charge in [0.2, 0.25) is 0 Å². The van der Waals surface area contributed by atoms with Crippen molar-refractivity contribution in [1.29, 1.82) is 10.5 Å². The number of benzene rings is 6. The van der Waals surface area contributed by atoms with Crippen LogP contribution in [-0.4, -0.2) is 26.3 Å². The number of rotatable bonds is 6. The highest BCUT2D eigenvalue weighted by atomic mass is 16.2. The molecule has 270 valence electrons. The van der Waals surface area contributed by atoms with E-state index in [1.54, 1.807) is 30.3 Å². The summed E-state index contributed by atoms with van der Waals surface area (Å²) in [5.41, 5.74) is 10.5. The summed E-state index contributed by atoms with van der Waals surface area (Å²) < 4.78 is 2.03. The minimum Gasteiger partial charge on any atom is -0.308 e. The van der Waals surface area contributed by atoms with Crippen LogP contribution in [0.4, 0.5) is 5.69 Å². The quantitative estimate of drug-likeness (QED) is 0.157. The molecular formula is C50H28N6O2. The molecule has 3 aromatic heterocycles. The third kappa shape index (κ3) is 5.61. The lowest BCUT2D eigenvalue weighted by molar-refractivity contribution is 0.0926. The first-order valence-electron chi connectivity index (χ1n) is 18.6. The van der Waals surface area contributed by atoms with Crippen molar-refractivity contribution < 1.29 is 9.59 Å². The molecule has 58 heavy (non-hydrogen) atoms. The molecule has 0 radical (unpaired) electrons. The number of hydrogen-bond donors (Lipinski definition) is 0. The summed E-state index contributed by atoms with van der Waals surface area (Å²) >= 11 is 0. The van der Waals surface area contributed by atoms with Crippen molar-refractivity contribution in [2.24, 2.45) is 0 Å². The third-order valence-corrected chi connectivity index (χ3v) is 10.6. The number of fused-ring (bicyclic) bond motifs is 4. The van der Waals surface area contributed by atoms with Crippen LogP contribution in [0.5, 0.6) is 0 Å². The van der Waals surface area contributed by atoms with E-state index in [1.807, 2.05) is 138 Å². The molecule has 4 heterocycles. The Balaban J connectivity index is 1.17. The van der Waals surface area contributed by atoms with Crippen LogP contribution in [0.1, 0.15) is 32.1 Å². The van der Waals surface area contributed by atoms with Crippen LogP contribution in [0.25, 0.3) is 72.3 Å². The molecule has 0 spiro atoms. The number of hydrogen-bond acceptors (Lipinski definition) is 6. The molecule has 0 bridgehead atoms. The van der Waals surface area contributed by atoms with Gasteiger partial charge in [0.15, 0.2) is 0 Å². The monoisotopic (exact) mass is 744 g/mol. The van der Waals surface area contributed by atoms with E-state index in [0.717, 1.165) is 55.2 Å². The Morgan fingerprint density at radius 1 is 0.448 bits per heavy atom. The molecule has 8 nitrogen and oxygen atoms in total. The number of carbonyl (C=O) groups excluding carboxylic acids is 2. The molecule has 8 heteroatoms. The number of carbonyl (C=O) groups is 2. The maximum atomic E-state index is 14.9. The van der Waals surface area contributed by atoms with Gasteiger partial charge < -0.3 is 4.57 Å². The first-order chi connectivity index (χ1) is 28.5. The van der Waals surface area contributed by atoms with Gasteiger partial charge >= 0.3 is 0 Å². The van der Waals surface area contributed by atoms with Crippen molar-refractivity contribution in [3.63, 3.8) is 0 Å². The van der Waals surface area contributed by atoms with Crippen molar-refractivity contribution in [3.8, 4) is 62.6 Å². The zero-order valence-corrected chi connectivity index (χ0v) is 30.7. The number of amides is 2. The zero-order chi connectivity index (χ0) is 39.3. The van der Waals surface area contributed by atoms with Gasteiger partial charge in [0.05, 0.1) is 44.9 Å². The lowest BCUT2D eigenvalue weighted by Gasteiger charge is -2.18. The van der Waals surface area contributed by atoms with Crippen molar-refractivity contribution in [2.75, 3.05) is 4.90 Å². The molecule has 0 fully saturated rings. The largest absolute Gasteiger partial charge is 0.308 e. The minimum absolute atomic E-state index is 0.303. The molecule has 2 amide bonds. The molecule has 9 aromatic rings. The van der Waals surface area contributed by atoms with E-state index in [4.69, 9.17) is 0 Å². The normalized spacial score (nSPS) is 12.1. The molecule has 6 aromatic carbocycles. The van der Waals surface area contributed by atoms with E-state index in [2.05, 4.69) is 28.2 Å². The van der Waals surface area contributed by atoms with E-state index in [1.165, 1.54) is 4.90 Å². The van der Waals surface area contributed by atoms with Gasteiger partial charge in [-0.05, 0) is 101 Å². The smallest absolute Gasteiger partial charge is 0.268 e. The SMILES string of the molecule is N#Cc1cccc(-c2ccc3c(c2)c2cc(-c4cccc(C#N)n4)ccc2n3-c2cccc3c2C(=O)N(c2cc(-c4ccccc4)cc(-c4ccccc4)c2)C3=O)n1. The van der Waals surface area contributed by atoms with E-state index in [9.17, 15) is 20.1 Å². The lowest BCUT2D eigenvalue weighted by atomic mass is 9.97. The fourth-order valence-corrected chi connectivity index (χ4v) is 7.94. The molecule has 0 saturated heterocycles. The maximum absolute atomic E-state index is 14.9. The number of pyridine rings is 2. The number of imide groups is 1. The summed E-state index contributed by atoms with van der Waals surface area (Å²) in [5, 5.41) is 20.9. The Morgan fingerprint density at radius 2 is 0.966 bits per heavy atom. The highest BCUT2D eigenvalue weighted by molar-refractivity contribution is 6.36. The summed E-state index contributed by atoms with van der Waals surface area (Å²) in [4.78, 5) is 39.8. The highest BCUT2D eigenvalue weighted by Gasteiger charge is 2.39. The Bertz CT molecular complexity index is 3080. The van der Waals surface area contributed by atoms with Crippen molar-refractivity contribution in [3.05, 3.63) is 192 Å². The standard InChI is InChI=1S/C50H28N6O2/c51-29-37-14-7-17-43(53-37)33-20-22-45-41(27-33)42-28-34(44-18-8-15-38(30-52)54-44)21-23-46(42)56(45)47-19-9-16-40-48(47)50(58)55(49(40)57)39-25-35(31-10-3-1-4-11-31)24-36(26-39)32-12-5-2-6-13-32/h1-28H. The summed E-state index contributed by atoms with van der Waals surface area (Å²) in [7, 11) is 0. The van der Waals surface area contributed by atoms with Gasteiger partial charge in [-0.15, -0.1) is 0 Å². The first kappa shape index (κ1) is 34.1. The number of anilines is 1. The van der Waals surface area contributed by atoms with Crippen LogP contribution < -0.4 is 4.90 Å². The van der Waals surface area contributed by atoms with Crippen LogP contribution >= 0.6 is 0 Å². The molecule has 1 aliphatic heterocycles. The third-order valence-electron chi connectivity index (χ3n) is 10.6. The second-order valence-electron chi connectivity index (χ2n) is 14.0. The van der Waals surface area contributed by atoms with Gasteiger partial charge in [-0.1, -0.05) is 91.0 Å². The van der Waals surface area contributed by atoms with Gasteiger partial charge in [-0.3, -0.25) is 9.59 Å². The topological polar surface area (TPSA) is 116 Å². The molecular weight excluding hydrogens is 717 g/mol. The van der Waals surface area contributed by atoms with E-state index in [0.29, 0.717) is 45.3 Å². The molecule has 0 N–H and O–H groups in total. The Kier molecular flexibility index (Phi) is 8.04.